The van der Waals surface area contributed by atoms with E-state index in [4.69, 9.17) is 0 Å². The van der Waals surface area contributed by atoms with Crippen LogP contribution < -0.4 is 10.6 Å². The van der Waals surface area contributed by atoms with Crippen molar-refractivity contribution in [1.82, 2.24) is 15.0 Å². The highest BCUT2D eigenvalue weighted by molar-refractivity contribution is 5.66. The van der Waals surface area contributed by atoms with Crippen molar-refractivity contribution in [2.45, 2.75) is 19.9 Å². The van der Waals surface area contributed by atoms with E-state index in [2.05, 4.69) is 25.6 Å². The number of hydrogen-bond donors (Lipinski definition) is 3. The number of para-hydroxylation sites is 1. The summed E-state index contributed by atoms with van der Waals surface area (Å²) >= 11 is 0. The lowest BCUT2D eigenvalue weighted by Gasteiger charge is -2.14. The molecule has 0 aliphatic heterocycles. The summed E-state index contributed by atoms with van der Waals surface area (Å²) in [5.41, 5.74) is 3.57. The molecule has 25 heavy (non-hydrogen) atoms. The first-order chi connectivity index (χ1) is 12.2. The smallest absolute Gasteiger partial charge is 0.225 e. The second kappa shape index (κ2) is 7.72. The molecule has 0 aliphatic carbocycles. The van der Waals surface area contributed by atoms with Gasteiger partial charge >= 0.3 is 0 Å². The Kier molecular flexibility index (Phi) is 5.20. The van der Waals surface area contributed by atoms with Crippen molar-refractivity contribution < 1.29 is 5.11 Å². The molecule has 3 aromatic rings. The largest absolute Gasteiger partial charge is 0.394 e. The van der Waals surface area contributed by atoms with Crippen molar-refractivity contribution in [1.29, 1.82) is 0 Å². The first-order valence-electron chi connectivity index (χ1n) is 8.16. The fourth-order valence-electron chi connectivity index (χ4n) is 2.34. The minimum atomic E-state index is -0.148. The molecule has 0 radical (unpaired) electrons. The first-order valence-corrected chi connectivity index (χ1v) is 8.16. The average molecular weight is 335 g/mol. The maximum Gasteiger partial charge on any atom is 0.225 e. The van der Waals surface area contributed by atoms with Crippen LogP contribution in [0.5, 0.6) is 0 Å². The minimum Gasteiger partial charge on any atom is -0.394 e. The SMILES string of the molecule is Cc1ccccc1Nc1cc(-c2ccccn2)nc(N[C@H](C)CO)n1. The lowest BCUT2D eigenvalue weighted by molar-refractivity contribution is 0.281. The topological polar surface area (TPSA) is 83.0 Å². The van der Waals surface area contributed by atoms with E-state index >= 15 is 0 Å². The minimum absolute atomic E-state index is 0.00225. The van der Waals surface area contributed by atoms with Crippen LogP contribution in [0, 0.1) is 6.92 Å². The monoisotopic (exact) mass is 335 g/mol. The van der Waals surface area contributed by atoms with Crippen LogP contribution in [-0.2, 0) is 0 Å². The molecule has 0 spiro atoms. The summed E-state index contributed by atoms with van der Waals surface area (Å²) < 4.78 is 0. The predicted octanol–water partition coefficient (Wildman–Crippen LogP) is 3.38. The van der Waals surface area contributed by atoms with Crippen molar-refractivity contribution in [3.05, 3.63) is 60.3 Å². The van der Waals surface area contributed by atoms with Gasteiger partial charge in [0.1, 0.15) is 5.82 Å². The maximum atomic E-state index is 9.28. The van der Waals surface area contributed by atoms with Crippen molar-refractivity contribution in [3.63, 3.8) is 0 Å². The molecule has 3 N–H and O–H groups in total. The van der Waals surface area contributed by atoms with E-state index < -0.39 is 0 Å². The number of hydrogen-bond acceptors (Lipinski definition) is 6. The molecule has 6 nitrogen and oxygen atoms in total. The molecule has 2 aromatic heterocycles. The van der Waals surface area contributed by atoms with Gasteiger partial charge in [0.2, 0.25) is 5.95 Å². The van der Waals surface area contributed by atoms with Crippen LogP contribution in [0.2, 0.25) is 0 Å². The second-order valence-corrected chi connectivity index (χ2v) is 5.84. The Morgan fingerprint density at radius 3 is 2.56 bits per heavy atom. The molecule has 0 bridgehead atoms. The predicted molar refractivity (Wildman–Crippen MR) is 99.9 cm³/mol. The summed E-state index contributed by atoms with van der Waals surface area (Å²) in [6.07, 6.45) is 1.73. The molecule has 3 rings (SSSR count). The van der Waals surface area contributed by atoms with E-state index in [1.165, 1.54) is 0 Å². The zero-order valence-electron chi connectivity index (χ0n) is 14.3. The fraction of sp³-hybridized carbons (Fsp3) is 0.211. The molecule has 0 saturated heterocycles. The van der Waals surface area contributed by atoms with E-state index in [0.29, 0.717) is 17.5 Å². The number of aromatic nitrogens is 3. The van der Waals surface area contributed by atoms with Crippen LogP contribution in [0.15, 0.2) is 54.7 Å². The molecule has 0 unspecified atom stereocenters. The fourth-order valence-corrected chi connectivity index (χ4v) is 2.34. The Hall–Kier alpha value is -2.99. The number of aryl methyl sites for hydroxylation is 1. The molecule has 0 amide bonds. The lowest BCUT2D eigenvalue weighted by Crippen LogP contribution is -2.21. The highest BCUT2D eigenvalue weighted by Gasteiger charge is 2.10. The highest BCUT2D eigenvalue weighted by Crippen LogP contribution is 2.24. The normalized spacial score (nSPS) is 11.8. The number of rotatable bonds is 6. The van der Waals surface area contributed by atoms with Gasteiger partial charge in [-0.25, -0.2) is 4.98 Å². The number of nitrogens with zero attached hydrogens (tertiary/aromatic N) is 3. The molecule has 6 heteroatoms. The summed E-state index contributed by atoms with van der Waals surface area (Å²) in [6.45, 7) is 3.90. The summed E-state index contributed by atoms with van der Waals surface area (Å²) in [6, 6.07) is 15.4. The summed E-state index contributed by atoms with van der Waals surface area (Å²) in [4.78, 5) is 13.4. The van der Waals surface area contributed by atoms with Gasteiger partial charge in [0.25, 0.3) is 0 Å². The van der Waals surface area contributed by atoms with Gasteiger partial charge in [0, 0.05) is 24.0 Å². The van der Waals surface area contributed by atoms with Crippen molar-refractivity contribution in [2.75, 3.05) is 17.2 Å². The maximum absolute atomic E-state index is 9.28. The van der Waals surface area contributed by atoms with Crippen LogP contribution >= 0.6 is 0 Å². The van der Waals surface area contributed by atoms with Gasteiger partial charge < -0.3 is 15.7 Å². The number of benzene rings is 1. The Morgan fingerprint density at radius 2 is 1.84 bits per heavy atom. The van der Waals surface area contributed by atoms with E-state index in [1.54, 1.807) is 6.20 Å². The van der Waals surface area contributed by atoms with Crippen LogP contribution in [0.4, 0.5) is 17.5 Å². The van der Waals surface area contributed by atoms with Crippen molar-refractivity contribution in [3.8, 4) is 11.4 Å². The third kappa shape index (κ3) is 4.30. The molecule has 1 aromatic carbocycles. The second-order valence-electron chi connectivity index (χ2n) is 5.84. The van der Waals surface area contributed by atoms with Gasteiger partial charge in [-0.3, -0.25) is 4.98 Å². The quantitative estimate of drug-likeness (QED) is 0.640. The van der Waals surface area contributed by atoms with Gasteiger partial charge in [0.05, 0.1) is 18.0 Å². The molecule has 0 aliphatic rings. The molecule has 2 heterocycles. The van der Waals surface area contributed by atoms with Gasteiger partial charge in [-0.1, -0.05) is 24.3 Å². The third-order valence-corrected chi connectivity index (χ3v) is 3.71. The number of aliphatic hydroxyl groups is 1. The first kappa shape index (κ1) is 16.9. The molecular formula is C19H21N5O. The molecule has 0 saturated carbocycles. The summed E-state index contributed by atoms with van der Waals surface area (Å²) in [5.74, 6) is 1.11. The van der Waals surface area contributed by atoms with Crippen molar-refractivity contribution in [2.24, 2.45) is 0 Å². The summed E-state index contributed by atoms with van der Waals surface area (Å²) in [5, 5.41) is 15.7. The lowest BCUT2D eigenvalue weighted by atomic mass is 10.2. The van der Waals surface area contributed by atoms with E-state index in [9.17, 15) is 5.11 Å². The Bertz CT molecular complexity index is 838. The van der Waals surface area contributed by atoms with Crippen LogP contribution in [0.25, 0.3) is 11.4 Å². The molecule has 1 atom stereocenters. The zero-order chi connectivity index (χ0) is 17.6. The molecule has 0 fully saturated rings. The van der Waals surface area contributed by atoms with Gasteiger partial charge in [-0.15, -0.1) is 0 Å². The third-order valence-electron chi connectivity index (χ3n) is 3.71. The average Bonchev–Trinajstić information content (AvgIpc) is 2.64. The van der Waals surface area contributed by atoms with Gasteiger partial charge in [-0.05, 0) is 37.6 Å². The number of pyridine rings is 1. The van der Waals surface area contributed by atoms with E-state index in [-0.39, 0.29) is 12.6 Å². The number of aliphatic hydroxyl groups excluding tert-OH is 1. The van der Waals surface area contributed by atoms with Gasteiger partial charge in [-0.2, -0.15) is 4.98 Å². The van der Waals surface area contributed by atoms with Gasteiger partial charge in [0.15, 0.2) is 0 Å². The van der Waals surface area contributed by atoms with E-state index in [0.717, 1.165) is 16.9 Å². The van der Waals surface area contributed by atoms with E-state index in [1.807, 2.05) is 62.4 Å². The molecule has 128 valence electrons. The standard InChI is InChI=1S/C19H21N5O/c1-13-7-3-4-8-15(13)22-18-11-17(16-9-5-6-10-20-16)23-19(24-18)21-14(2)12-25/h3-11,14,25H,12H2,1-2H3,(H2,21,22,23,24)/t14-/m1/s1. The van der Waals surface area contributed by atoms with Crippen molar-refractivity contribution >= 4 is 17.5 Å². The zero-order valence-corrected chi connectivity index (χ0v) is 14.3. The Morgan fingerprint density at radius 1 is 1.04 bits per heavy atom. The highest BCUT2D eigenvalue weighted by atomic mass is 16.3. The Balaban J connectivity index is 1.99. The molecular weight excluding hydrogens is 314 g/mol. The van der Waals surface area contributed by atoms with Crippen LogP contribution in [0.1, 0.15) is 12.5 Å². The Labute approximate surface area is 147 Å². The van der Waals surface area contributed by atoms with Crippen LogP contribution in [0.3, 0.4) is 0 Å². The number of nitrogens with one attached hydrogen (secondary N) is 2. The number of anilines is 3. The summed E-state index contributed by atoms with van der Waals surface area (Å²) in [7, 11) is 0. The van der Waals surface area contributed by atoms with Crippen LogP contribution in [-0.4, -0.2) is 32.7 Å².